The third kappa shape index (κ3) is 4.98. The monoisotopic (exact) mass is 366 g/mol. The van der Waals surface area contributed by atoms with E-state index in [0.717, 1.165) is 0 Å². The Morgan fingerprint density at radius 3 is 2.42 bits per heavy atom. The largest absolute Gasteiger partial charge is 0.496 e. The average molecular weight is 366 g/mol. The Bertz CT molecular complexity index is 820. The third-order valence-corrected chi connectivity index (χ3v) is 3.55. The minimum absolute atomic E-state index is 0.00942. The second-order valence-electron chi connectivity index (χ2n) is 5.48. The van der Waals surface area contributed by atoms with Gasteiger partial charge in [0.2, 0.25) is 0 Å². The van der Waals surface area contributed by atoms with Crippen molar-refractivity contribution in [3.05, 3.63) is 59.2 Å². The molecule has 26 heavy (non-hydrogen) atoms. The van der Waals surface area contributed by atoms with Crippen LogP contribution in [0.3, 0.4) is 0 Å². The summed E-state index contributed by atoms with van der Waals surface area (Å²) in [7, 11) is 1.43. The minimum Gasteiger partial charge on any atom is -0.496 e. The Labute approximate surface area is 148 Å². The van der Waals surface area contributed by atoms with E-state index in [9.17, 15) is 22.8 Å². The third-order valence-electron chi connectivity index (χ3n) is 3.55. The molecule has 0 saturated carbocycles. The molecule has 2 aromatic rings. The van der Waals surface area contributed by atoms with Crippen LogP contribution in [0.5, 0.6) is 5.75 Å². The number of aryl methyl sites for hydroxylation is 1. The number of hydrogen-bond acceptors (Lipinski definition) is 3. The summed E-state index contributed by atoms with van der Waals surface area (Å²) < 4.78 is 41.8. The first-order valence-electron chi connectivity index (χ1n) is 7.61. The maximum absolute atomic E-state index is 12.4. The summed E-state index contributed by atoms with van der Waals surface area (Å²) in [5, 5.41) is 4.44. The predicted octanol–water partition coefficient (Wildman–Crippen LogP) is 3.55. The van der Waals surface area contributed by atoms with Crippen molar-refractivity contribution in [2.75, 3.05) is 19.0 Å². The molecule has 0 fully saturated rings. The molecule has 0 aliphatic carbocycles. The molecule has 0 atom stereocenters. The van der Waals surface area contributed by atoms with Gasteiger partial charge in [0.15, 0.2) is 0 Å². The van der Waals surface area contributed by atoms with Crippen molar-refractivity contribution in [1.82, 2.24) is 5.32 Å². The number of nitrogens with one attached hydrogen (secondary N) is 2. The molecule has 0 radical (unpaired) electrons. The number of rotatable bonds is 5. The van der Waals surface area contributed by atoms with E-state index in [1.54, 1.807) is 42.6 Å². The average Bonchev–Trinajstić information content (AvgIpc) is 2.60. The normalized spacial score (nSPS) is 11.0. The van der Waals surface area contributed by atoms with Gasteiger partial charge in [-0.3, -0.25) is 9.59 Å². The van der Waals surface area contributed by atoms with E-state index < -0.39 is 24.5 Å². The molecule has 138 valence electrons. The number of halogens is 3. The van der Waals surface area contributed by atoms with Crippen LogP contribution in [0.25, 0.3) is 0 Å². The zero-order valence-electron chi connectivity index (χ0n) is 14.1. The fraction of sp³-hybridized carbons (Fsp3) is 0.222. The first kappa shape index (κ1) is 19.3. The summed E-state index contributed by atoms with van der Waals surface area (Å²) in [4.78, 5) is 24.3. The highest BCUT2D eigenvalue weighted by molar-refractivity contribution is 6.07. The summed E-state index contributed by atoms with van der Waals surface area (Å²) in [5.74, 6) is -0.963. The second-order valence-corrected chi connectivity index (χ2v) is 5.48. The van der Waals surface area contributed by atoms with E-state index in [1.807, 2.05) is 0 Å². The van der Waals surface area contributed by atoms with Crippen molar-refractivity contribution < 1.29 is 27.5 Å². The van der Waals surface area contributed by atoms with Gasteiger partial charge in [-0.25, -0.2) is 0 Å². The van der Waals surface area contributed by atoms with Gasteiger partial charge in [0.25, 0.3) is 11.8 Å². The number of carbonyl (C=O) groups excluding carboxylic acids is 2. The number of ether oxygens (including phenoxy) is 1. The lowest BCUT2D eigenvalue weighted by atomic mass is 10.1. The number of para-hydroxylation sites is 1. The number of carbonyl (C=O) groups is 2. The highest BCUT2D eigenvalue weighted by Crippen LogP contribution is 2.22. The molecule has 0 spiro atoms. The fourth-order valence-corrected chi connectivity index (χ4v) is 2.20. The molecule has 0 aliphatic heterocycles. The van der Waals surface area contributed by atoms with Crippen LogP contribution in [0.4, 0.5) is 18.9 Å². The molecule has 0 saturated heterocycles. The van der Waals surface area contributed by atoms with Gasteiger partial charge in [-0.05, 0) is 36.8 Å². The van der Waals surface area contributed by atoms with Gasteiger partial charge in [0.1, 0.15) is 12.3 Å². The van der Waals surface area contributed by atoms with Crippen LogP contribution in [0, 0.1) is 6.92 Å². The molecule has 2 N–H and O–H groups in total. The van der Waals surface area contributed by atoms with E-state index in [0.29, 0.717) is 22.6 Å². The van der Waals surface area contributed by atoms with Crippen molar-refractivity contribution in [2.24, 2.45) is 0 Å². The van der Waals surface area contributed by atoms with Crippen molar-refractivity contribution >= 4 is 17.5 Å². The Balaban J connectivity index is 2.19. The van der Waals surface area contributed by atoms with Crippen LogP contribution in [-0.4, -0.2) is 31.6 Å². The van der Waals surface area contributed by atoms with Crippen molar-refractivity contribution in [2.45, 2.75) is 13.1 Å². The quantitative estimate of drug-likeness (QED) is 0.850. The number of methoxy groups -OCH3 is 1. The lowest BCUT2D eigenvalue weighted by Crippen LogP contribution is -2.33. The molecule has 0 heterocycles. The van der Waals surface area contributed by atoms with Gasteiger partial charge in [-0.1, -0.05) is 18.2 Å². The van der Waals surface area contributed by atoms with E-state index in [4.69, 9.17) is 4.74 Å². The Morgan fingerprint density at radius 1 is 1.08 bits per heavy atom. The Morgan fingerprint density at radius 2 is 1.77 bits per heavy atom. The lowest BCUT2D eigenvalue weighted by Gasteiger charge is -2.13. The van der Waals surface area contributed by atoms with Gasteiger partial charge in [-0.2, -0.15) is 13.2 Å². The van der Waals surface area contributed by atoms with Gasteiger partial charge in [0, 0.05) is 11.3 Å². The molecule has 5 nitrogen and oxygen atoms in total. The summed E-state index contributed by atoms with van der Waals surface area (Å²) in [6.45, 7) is 0.276. The summed E-state index contributed by atoms with van der Waals surface area (Å²) in [5.41, 5.74) is 1.28. The van der Waals surface area contributed by atoms with E-state index in [2.05, 4.69) is 5.32 Å². The second kappa shape index (κ2) is 7.90. The van der Waals surface area contributed by atoms with Crippen LogP contribution in [0.2, 0.25) is 0 Å². The molecule has 8 heteroatoms. The minimum atomic E-state index is -4.50. The zero-order valence-corrected chi connectivity index (χ0v) is 14.1. The molecule has 2 aromatic carbocycles. The number of amides is 2. The summed E-state index contributed by atoms with van der Waals surface area (Å²) in [6.07, 6.45) is -4.50. The van der Waals surface area contributed by atoms with Crippen LogP contribution in [0.1, 0.15) is 26.3 Å². The van der Waals surface area contributed by atoms with E-state index >= 15 is 0 Å². The SMILES string of the molecule is COc1ccccc1C(=O)Nc1cc(C(=O)NCC(F)(F)F)ccc1C. The first-order valence-corrected chi connectivity index (χ1v) is 7.61. The number of anilines is 1. The van der Waals surface area contributed by atoms with E-state index in [1.165, 1.54) is 19.2 Å². The first-order chi connectivity index (χ1) is 12.2. The van der Waals surface area contributed by atoms with Gasteiger partial charge >= 0.3 is 6.18 Å². The summed E-state index contributed by atoms with van der Waals surface area (Å²) >= 11 is 0. The smallest absolute Gasteiger partial charge is 0.405 e. The fourth-order valence-electron chi connectivity index (χ4n) is 2.20. The van der Waals surface area contributed by atoms with Gasteiger partial charge in [-0.15, -0.1) is 0 Å². The molecule has 0 aliphatic rings. The topological polar surface area (TPSA) is 67.4 Å². The highest BCUT2D eigenvalue weighted by atomic mass is 19.4. The highest BCUT2D eigenvalue weighted by Gasteiger charge is 2.28. The Kier molecular flexibility index (Phi) is 5.86. The molecule has 2 rings (SSSR count). The molecule has 0 aromatic heterocycles. The predicted molar refractivity (Wildman–Crippen MR) is 90.5 cm³/mol. The van der Waals surface area contributed by atoms with Crippen molar-refractivity contribution in [3.63, 3.8) is 0 Å². The number of hydrogen-bond donors (Lipinski definition) is 2. The van der Waals surface area contributed by atoms with E-state index in [-0.39, 0.29) is 5.56 Å². The maximum atomic E-state index is 12.4. The molecule has 2 amide bonds. The van der Waals surface area contributed by atoms with Crippen LogP contribution in [0.15, 0.2) is 42.5 Å². The van der Waals surface area contributed by atoms with Crippen LogP contribution in [-0.2, 0) is 0 Å². The molecule has 0 unspecified atom stereocenters. The van der Waals surface area contributed by atoms with Crippen molar-refractivity contribution in [3.8, 4) is 5.75 Å². The standard InChI is InChI=1S/C18H17F3N2O3/c1-11-7-8-12(16(24)22-10-18(19,20)21)9-14(11)23-17(25)13-5-3-4-6-15(13)26-2/h3-9H,10H2,1-2H3,(H,22,24)(H,23,25). The maximum Gasteiger partial charge on any atom is 0.405 e. The lowest BCUT2D eigenvalue weighted by molar-refractivity contribution is -0.123. The van der Waals surface area contributed by atoms with Crippen LogP contribution < -0.4 is 15.4 Å². The van der Waals surface area contributed by atoms with Crippen molar-refractivity contribution in [1.29, 1.82) is 0 Å². The van der Waals surface area contributed by atoms with Gasteiger partial charge in [0.05, 0.1) is 12.7 Å². The zero-order chi connectivity index (χ0) is 19.3. The van der Waals surface area contributed by atoms with Crippen LogP contribution >= 0.6 is 0 Å². The molecular weight excluding hydrogens is 349 g/mol. The number of benzene rings is 2. The summed E-state index contributed by atoms with van der Waals surface area (Å²) in [6, 6.07) is 10.8. The Hall–Kier alpha value is -3.03. The van der Waals surface area contributed by atoms with Gasteiger partial charge < -0.3 is 15.4 Å². The molecular formula is C18H17F3N2O3. The molecule has 0 bridgehead atoms. The number of alkyl halides is 3.